The second-order valence-corrected chi connectivity index (χ2v) is 4.33. The molecular weight excluding hydrogens is 152 g/mol. The van der Waals surface area contributed by atoms with Crippen molar-refractivity contribution in [2.75, 3.05) is 6.61 Å². The van der Waals surface area contributed by atoms with Gasteiger partial charge in [0.15, 0.2) is 5.79 Å². The third-order valence-corrected chi connectivity index (χ3v) is 2.99. The third kappa shape index (κ3) is 1.38. The first-order valence-electron chi connectivity index (χ1n) is 5.04. The van der Waals surface area contributed by atoms with Gasteiger partial charge in [0.25, 0.3) is 0 Å². The van der Waals surface area contributed by atoms with Crippen LogP contribution in [0, 0.1) is 5.92 Å². The highest BCUT2D eigenvalue weighted by molar-refractivity contribution is 4.84. The number of rotatable bonds is 1. The number of hydrogen-bond donors (Lipinski definition) is 0. The smallest absolute Gasteiger partial charge is 0.168 e. The highest BCUT2D eigenvalue weighted by Gasteiger charge is 2.44. The molecule has 12 heavy (non-hydrogen) atoms. The molecule has 0 bridgehead atoms. The Kier molecular flexibility index (Phi) is 2.13. The van der Waals surface area contributed by atoms with Crippen LogP contribution in [0.15, 0.2) is 0 Å². The Labute approximate surface area is 74.2 Å². The van der Waals surface area contributed by atoms with Crippen molar-refractivity contribution in [1.82, 2.24) is 0 Å². The minimum atomic E-state index is -0.158. The first-order chi connectivity index (χ1) is 5.72. The van der Waals surface area contributed by atoms with E-state index in [0.717, 1.165) is 19.4 Å². The van der Waals surface area contributed by atoms with Crippen LogP contribution in [-0.4, -0.2) is 18.5 Å². The summed E-state index contributed by atoms with van der Waals surface area (Å²) >= 11 is 0. The molecule has 1 aliphatic carbocycles. The highest BCUT2D eigenvalue weighted by atomic mass is 16.7. The molecule has 1 heterocycles. The van der Waals surface area contributed by atoms with Gasteiger partial charge in [-0.3, -0.25) is 0 Å². The summed E-state index contributed by atoms with van der Waals surface area (Å²) in [6.07, 6.45) is 5.09. The standard InChI is InChI=1S/C10H18O2/c1-8(2)9-7-11-10(12-9)5-3-4-6-10/h8-9H,3-7H2,1-2H3. The normalized spacial score (nSPS) is 33.8. The Balaban J connectivity index is 1.96. The first-order valence-corrected chi connectivity index (χ1v) is 5.04. The zero-order valence-electron chi connectivity index (χ0n) is 8.01. The van der Waals surface area contributed by atoms with E-state index in [-0.39, 0.29) is 5.79 Å². The summed E-state index contributed by atoms with van der Waals surface area (Å²) in [5, 5.41) is 0. The lowest BCUT2D eigenvalue weighted by atomic mass is 10.1. The zero-order chi connectivity index (χ0) is 8.60. The minimum absolute atomic E-state index is 0.158. The molecule has 0 amide bonds. The summed E-state index contributed by atoms with van der Waals surface area (Å²) in [4.78, 5) is 0. The molecule has 1 aliphatic heterocycles. The van der Waals surface area contributed by atoms with Gasteiger partial charge in [-0.2, -0.15) is 0 Å². The van der Waals surface area contributed by atoms with Crippen molar-refractivity contribution in [1.29, 1.82) is 0 Å². The van der Waals surface area contributed by atoms with E-state index in [1.165, 1.54) is 12.8 Å². The van der Waals surface area contributed by atoms with Gasteiger partial charge in [0, 0.05) is 12.8 Å². The van der Waals surface area contributed by atoms with Crippen molar-refractivity contribution < 1.29 is 9.47 Å². The lowest BCUT2D eigenvalue weighted by Crippen LogP contribution is -2.27. The van der Waals surface area contributed by atoms with Gasteiger partial charge >= 0.3 is 0 Å². The van der Waals surface area contributed by atoms with Crippen molar-refractivity contribution >= 4 is 0 Å². The molecule has 0 aromatic carbocycles. The molecule has 1 saturated carbocycles. The second-order valence-electron chi connectivity index (χ2n) is 4.33. The summed E-state index contributed by atoms with van der Waals surface area (Å²) in [6, 6.07) is 0. The van der Waals surface area contributed by atoms with E-state index in [2.05, 4.69) is 13.8 Å². The van der Waals surface area contributed by atoms with E-state index in [9.17, 15) is 0 Å². The van der Waals surface area contributed by atoms with Gasteiger partial charge in [-0.15, -0.1) is 0 Å². The average Bonchev–Trinajstić information content (AvgIpc) is 2.62. The van der Waals surface area contributed by atoms with Crippen LogP contribution in [0.1, 0.15) is 39.5 Å². The number of hydrogen-bond acceptors (Lipinski definition) is 2. The van der Waals surface area contributed by atoms with Crippen LogP contribution in [0.25, 0.3) is 0 Å². The minimum Gasteiger partial charge on any atom is -0.347 e. The Hall–Kier alpha value is -0.0800. The molecule has 1 atom stereocenters. The quantitative estimate of drug-likeness (QED) is 0.601. The summed E-state index contributed by atoms with van der Waals surface area (Å²) in [5.41, 5.74) is 0. The van der Waals surface area contributed by atoms with Crippen molar-refractivity contribution in [3.8, 4) is 0 Å². The van der Waals surface area contributed by atoms with E-state index >= 15 is 0 Å². The second kappa shape index (κ2) is 3.00. The molecule has 0 aromatic rings. The lowest BCUT2D eigenvalue weighted by molar-refractivity contribution is -0.165. The lowest BCUT2D eigenvalue weighted by Gasteiger charge is -2.22. The Morgan fingerprint density at radius 3 is 2.42 bits per heavy atom. The monoisotopic (exact) mass is 170 g/mol. The van der Waals surface area contributed by atoms with Crippen LogP contribution in [0.5, 0.6) is 0 Å². The Bertz CT molecular complexity index is 159. The molecule has 2 rings (SSSR count). The maximum Gasteiger partial charge on any atom is 0.168 e. The fourth-order valence-corrected chi connectivity index (χ4v) is 2.08. The maximum absolute atomic E-state index is 5.95. The van der Waals surface area contributed by atoms with Crippen LogP contribution in [0.3, 0.4) is 0 Å². The summed E-state index contributed by atoms with van der Waals surface area (Å²) in [6.45, 7) is 5.20. The molecule has 0 radical (unpaired) electrons. The van der Waals surface area contributed by atoms with Gasteiger partial charge in [0.1, 0.15) is 0 Å². The van der Waals surface area contributed by atoms with E-state index in [0.29, 0.717) is 12.0 Å². The molecule has 1 spiro atoms. The molecule has 2 heteroatoms. The van der Waals surface area contributed by atoms with Gasteiger partial charge in [0.2, 0.25) is 0 Å². The Morgan fingerprint density at radius 2 is 1.92 bits per heavy atom. The predicted molar refractivity (Wildman–Crippen MR) is 46.9 cm³/mol. The van der Waals surface area contributed by atoms with Crippen LogP contribution >= 0.6 is 0 Å². The highest BCUT2D eigenvalue weighted by Crippen LogP contribution is 2.40. The molecule has 2 fully saturated rings. The molecule has 2 nitrogen and oxygen atoms in total. The summed E-state index contributed by atoms with van der Waals surface area (Å²) in [5.74, 6) is 0.430. The van der Waals surface area contributed by atoms with E-state index < -0.39 is 0 Å². The van der Waals surface area contributed by atoms with Crippen LogP contribution in [0.2, 0.25) is 0 Å². The fourth-order valence-electron chi connectivity index (χ4n) is 2.08. The largest absolute Gasteiger partial charge is 0.347 e. The summed E-state index contributed by atoms with van der Waals surface area (Å²) < 4.78 is 11.7. The fraction of sp³-hybridized carbons (Fsp3) is 1.00. The molecule has 0 aromatic heterocycles. The van der Waals surface area contributed by atoms with Gasteiger partial charge in [-0.05, 0) is 18.8 Å². The maximum atomic E-state index is 5.95. The SMILES string of the molecule is CC(C)C1COC2(CCCC2)O1. The van der Waals surface area contributed by atoms with Crippen molar-refractivity contribution in [2.45, 2.75) is 51.4 Å². The van der Waals surface area contributed by atoms with Crippen LogP contribution in [-0.2, 0) is 9.47 Å². The van der Waals surface area contributed by atoms with Gasteiger partial charge in [-0.25, -0.2) is 0 Å². The zero-order valence-corrected chi connectivity index (χ0v) is 8.01. The molecule has 70 valence electrons. The number of ether oxygens (including phenoxy) is 2. The van der Waals surface area contributed by atoms with Crippen molar-refractivity contribution in [3.63, 3.8) is 0 Å². The molecule has 0 N–H and O–H groups in total. The van der Waals surface area contributed by atoms with Crippen molar-refractivity contribution in [3.05, 3.63) is 0 Å². The molecule has 1 saturated heterocycles. The van der Waals surface area contributed by atoms with Crippen molar-refractivity contribution in [2.24, 2.45) is 5.92 Å². The summed E-state index contributed by atoms with van der Waals surface area (Å²) in [7, 11) is 0. The van der Waals surface area contributed by atoms with E-state index in [4.69, 9.17) is 9.47 Å². The topological polar surface area (TPSA) is 18.5 Å². The Morgan fingerprint density at radius 1 is 1.25 bits per heavy atom. The average molecular weight is 170 g/mol. The van der Waals surface area contributed by atoms with E-state index in [1.807, 2.05) is 0 Å². The first kappa shape index (κ1) is 8.52. The van der Waals surface area contributed by atoms with E-state index in [1.54, 1.807) is 0 Å². The van der Waals surface area contributed by atoms with Gasteiger partial charge in [-0.1, -0.05) is 13.8 Å². The van der Waals surface area contributed by atoms with Gasteiger partial charge in [0.05, 0.1) is 12.7 Å². The molecule has 2 aliphatic rings. The molecule has 1 unspecified atom stereocenters. The molecular formula is C10H18O2. The predicted octanol–water partition coefficient (Wildman–Crippen LogP) is 2.33. The third-order valence-electron chi connectivity index (χ3n) is 2.99. The van der Waals surface area contributed by atoms with Crippen LogP contribution in [0.4, 0.5) is 0 Å². The van der Waals surface area contributed by atoms with Crippen LogP contribution < -0.4 is 0 Å². The van der Waals surface area contributed by atoms with Gasteiger partial charge < -0.3 is 9.47 Å².